The molecule has 2 unspecified atom stereocenters. The molecule has 14 heteroatoms. The highest BCUT2D eigenvalue weighted by atomic mass is 32.2. The van der Waals surface area contributed by atoms with E-state index in [-0.39, 0.29) is 13.0 Å². The van der Waals surface area contributed by atoms with Crippen LogP contribution in [0.5, 0.6) is 0 Å². The smallest absolute Gasteiger partial charge is 0.408 e. The van der Waals surface area contributed by atoms with Crippen LogP contribution in [0.3, 0.4) is 0 Å². The highest BCUT2D eigenvalue weighted by Gasteiger charge is 2.28. The fraction of sp³-hybridized carbons (Fsp3) is 0.321. The third-order valence-electron chi connectivity index (χ3n) is 5.63. The van der Waals surface area contributed by atoms with E-state index in [1.165, 1.54) is 0 Å². The second-order valence-corrected chi connectivity index (χ2v) is 11.1. The summed E-state index contributed by atoms with van der Waals surface area (Å²) >= 11 is 0. The first-order valence-corrected chi connectivity index (χ1v) is 14.8. The van der Waals surface area contributed by atoms with Crippen LogP contribution in [0.25, 0.3) is 0 Å². The van der Waals surface area contributed by atoms with Crippen molar-refractivity contribution in [2.45, 2.75) is 44.5 Å². The number of carboxylic acids is 1. The lowest BCUT2D eigenvalue weighted by molar-refractivity contribution is -0.137. The summed E-state index contributed by atoms with van der Waals surface area (Å²) in [7, 11) is -3.57. The molecule has 0 saturated heterocycles. The van der Waals surface area contributed by atoms with Gasteiger partial charge in [-0.3, -0.25) is 19.2 Å². The molecule has 0 aliphatic heterocycles. The Morgan fingerprint density at radius 3 is 2.10 bits per heavy atom. The number of amides is 4. The van der Waals surface area contributed by atoms with Crippen molar-refractivity contribution in [2.75, 3.05) is 12.8 Å². The molecule has 0 spiro atoms. The van der Waals surface area contributed by atoms with Crippen molar-refractivity contribution in [2.24, 2.45) is 0 Å². The van der Waals surface area contributed by atoms with Crippen LogP contribution in [0.2, 0.25) is 0 Å². The highest BCUT2D eigenvalue weighted by Crippen LogP contribution is 2.14. The molecule has 0 aliphatic rings. The molecule has 0 bridgehead atoms. The van der Waals surface area contributed by atoms with Crippen molar-refractivity contribution < 1.29 is 42.2 Å². The molecule has 226 valence electrons. The first kappa shape index (κ1) is 33.5. The largest absolute Gasteiger partial charge is 0.481 e. The van der Waals surface area contributed by atoms with Crippen LogP contribution in [-0.2, 0) is 40.4 Å². The summed E-state index contributed by atoms with van der Waals surface area (Å²) in [6, 6.07) is 13.7. The maximum atomic E-state index is 13.1. The molecule has 42 heavy (non-hydrogen) atoms. The quantitative estimate of drug-likeness (QED) is 0.199. The minimum absolute atomic E-state index is 0.000787. The van der Waals surface area contributed by atoms with E-state index in [1.807, 2.05) is 6.07 Å². The Kier molecular flexibility index (Phi) is 13.2. The number of rotatable bonds is 15. The molecule has 0 aliphatic carbocycles. The topological polar surface area (TPSA) is 197 Å². The summed E-state index contributed by atoms with van der Waals surface area (Å²) in [6.07, 6.45) is 0.711. The van der Waals surface area contributed by atoms with Gasteiger partial charge in [-0.15, -0.1) is 0 Å². The van der Waals surface area contributed by atoms with Gasteiger partial charge in [-0.2, -0.15) is 0 Å². The molecule has 0 heterocycles. The van der Waals surface area contributed by atoms with Gasteiger partial charge in [-0.25, -0.2) is 13.2 Å². The van der Waals surface area contributed by atoms with Gasteiger partial charge in [-0.05, 0) is 17.5 Å². The van der Waals surface area contributed by atoms with Crippen LogP contribution >= 0.6 is 0 Å². The zero-order valence-corrected chi connectivity index (χ0v) is 23.9. The first-order valence-electron chi connectivity index (χ1n) is 12.9. The standard InChI is InChI=1S/C28H34N4O9S/c1-3-22(31-28(38)41-18-19-10-6-4-7-11-19)26(36)32-25(20-12-8-5-9-13-20)27(37)29-17-23(33)30-21(16-24(34)35)14-15-42(2,39)40/h4-15,21-22,25H,3,16-18H2,1-2H3,(H,29,37)(H,30,33)(H,31,38)(H,32,36)(H,34,35)/b15-14+/t21?,22-,25?/m0/s1. The van der Waals surface area contributed by atoms with Gasteiger partial charge in [0.25, 0.3) is 0 Å². The summed E-state index contributed by atoms with van der Waals surface area (Å²) in [4.78, 5) is 62.0. The molecule has 3 atom stereocenters. The zero-order chi connectivity index (χ0) is 31.1. The Hall–Kier alpha value is -4.72. The van der Waals surface area contributed by atoms with Crippen molar-refractivity contribution in [3.05, 3.63) is 83.3 Å². The van der Waals surface area contributed by atoms with Gasteiger partial charge in [0.15, 0.2) is 9.84 Å². The average Bonchev–Trinajstić information content (AvgIpc) is 2.95. The fourth-order valence-corrected chi connectivity index (χ4v) is 4.04. The zero-order valence-electron chi connectivity index (χ0n) is 23.1. The van der Waals surface area contributed by atoms with Gasteiger partial charge in [0.2, 0.25) is 17.7 Å². The van der Waals surface area contributed by atoms with Crippen molar-refractivity contribution >= 4 is 39.6 Å². The van der Waals surface area contributed by atoms with Gasteiger partial charge < -0.3 is 31.1 Å². The molecule has 2 aromatic rings. The number of sulfone groups is 1. The average molecular weight is 603 g/mol. The Balaban J connectivity index is 2.04. The molecule has 2 aromatic carbocycles. The summed E-state index contributed by atoms with van der Waals surface area (Å²) in [5, 5.41) is 19.6. The van der Waals surface area contributed by atoms with Crippen molar-refractivity contribution in [3.8, 4) is 0 Å². The Labute approximate surface area is 243 Å². The van der Waals surface area contributed by atoms with Gasteiger partial charge in [0.1, 0.15) is 18.7 Å². The molecule has 5 N–H and O–H groups in total. The van der Waals surface area contributed by atoms with E-state index in [0.717, 1.165) is 23.3 Å². The van der Waals surface area contributed by atoms with Crippen LogP contribution in [-0.4, -0.2) is 68.2 Å². The molecular formula is C28H34N4O9S. The predicted molar refractivity (Wildman–Crippen MR) is 152 cm³/mol. The first-order chi connectivity index (χ1) is 19.9. The van der Waals surface area contributed by atoms with Gasteiger partial charge in [0, 0.05) is 11.7 Å². The maximum Gasteiger partial charge on any atom is 0.408 e. The molecule has 2 rings (SSSR count). The van der Waals surface area contributed by atoms with E-state index in [2.05, 4.69) is 21.3 Å². The normalized spacial score (nSPS) is 13.3. The molecule has 4 amide bonds. The lowest BCUT2D eigenvalue weighted by Crippen LogP contribution is -2.51. The van der Waals surface area contributed by atoms with Crippen LogP contribution in [0.1, 0.15) is 36.9 Å². The molecule has 0 aromatic heterocycles. The van der Waals surface area contributed by atoms with E-state index in [1.54, 1.807) is 61.5 Å². The third-order valence-corrected chi connectivity index (χ3v) is 6.28. The van der Waals surface area contributed by atoms with Crippen molar-refractivity contribution in [1.29, 1.82) is 0 Å². The molecule has 0 radical (unpaired) electrons. The number of hydrogen-bond acceptors (Lipinski definition) is 8. The number of carboxylic acid groups (broad SMARTS) is 1. The summed E-state index contributed by atoms with van der Waals surface area (Å²) in [5.74, 6) is -3.50. The van der Waals surface area contributed by atoms with E-state index in [4.69, 9.17) is 9.84 Å². The molecule has 0 saturated carbocycles. The summed E-state index contributed by atoms with van der Waals surface area (Å²) < 4.78 is 27.9. The number of ether oxygens (including phenoxy) is 1. The number of carbonyl (C=O) groups is 5. The molecule has 0 fully saturated rings. The lowest BCUT2D eigenvalue weighted by atomic mass is 10.1. The van der Waals surface area contributed by atoms with E-state index >= 15 is 0 Å². The number of nitrogens with one attached hydrogen (secondary N) is 4. The monoisotopic (exact) mass is 602 g/mol. The van der Waals surface area contributed by atoms with E-state index in [0.29, 0.717) is 5.56 Å². The van der Waals surface area contributed by atoms with Crippen LogP contribution in [0.15, 0.2) is 72.1 Å². The molecule has 13 nitrogen and oxygen atoms in total. The Bertz CT molecular complexity index is 1370. The highest BCUT2D eigenvalue weighted by molar-refractivity contribution is 7.93. The minimum Gasteiger partial charge on any atom is -0.481 e. The van der Waals surface area contributed by atoms with Crippen molar-refractivity contribution in [1.82, 2.24) is 21.3 Å². The summed E-state index contributed by atoms with van der Waals surface area (Å²) in [6.45, 7) is 1.07. The van der Waals surface area contributed by atoms with Gasteiger partial charge in [0.05, 0.1) is 19.0 Å². The van der Waals surface area contributed by atoms with E-state index < -0.39 is 70.7 Å². The van der Waals surface area contributed by atoms with Gasteiger partial charge in [-0.1, -0.05) is 73.7 Å². The fourth-order valence-electron chi connectivity index (χ4n) is 3.57. The predicted octanol–water partition coefficient (Wildman–Crippen LogP) is 1.18. The van der Waals surface area contributed by atoms with Crippen molar-refractivity contribution in [3.63, 3.8) is 0 Å². The van der Waals surface area contributed by atoms with Crippen LogP contribution in [0, 0.1) is 0 Å². The number of carbonyl (C=O) groups excluding carboxylic acids is 4. The summed E-state index contributed by atoms with van der Waals surface area (Å²) in [5.41, 5.74) is 1.15. The Morgan fingerprint density at radius 2 is 1.52 bits per heavy atom. The van der Waals surface area contributed by atoms with Gasteiger partial charge >= 0.3 is 12.1 Å². The lowest BCUT2D eigenvalue weighted by Gasteiger charge is -2.23. The molecular weight excluding hydrogens is 568 g/mol. The van der Waals surface area contributed by atoms with Crippen LogP contribution in [0.4, 0.5) is 4.79 Å². The second kappa shape index (κ2) is 16.5. The van der Waals surface area contributed by atoms with E-state index in [9.17, 15) is 32.4 Å². The van der Waals surface area contributed by atoms with Crippen LogP contribution < -0.4 is 21.3 Å². The Morgan fingerprint density at radius 1 is 0.905 bits per heavy atom. The number of benzene rings is 2. The second-order valence-electron chi connectivity index (χ2n) is 9.17. The SMILES string of the molecule is CC[C@H](NC(=O)OCc1ccccc1)C(=O)NC(C(=O)NCC(=O)NC(/C=C/S(C)(=O)=O)CC(=O)O)c1ccccc1. The number of alkyl carbamates (subject to hydrolysis) is 1. The number of aliphatic carboxylic acids is 1. The number of hydrogen-bond donors (Lipinski definition) is 5. The third kappa shape index (κ3) is 12.6. The minimum atomic E-state index is -3.57. The maximum absolute atomic E-state index is 13.1.